The number of hydrogen-bond acceptors (Lipinski definition) is 9. The van der Waals surface area contributed by atoms with E-state index in [-0.39, 0.29) is 18.6 Å². The van der Waals surface area contributed by atoms with Gasteiger partial charge in [-0.05, 0) is 31.2 Å². The molecule has 1 aromatic carbocycles. The van der Waals surface area contributed by atoms with Crippen molar-refractivity contribution in [1.82, 2.24) is 20.1 Å². The number of thioether (sulfide) groups is 1. The van der Waals surface area contributed by atoms with Gasteiger partial charge in [0.15, 0.2) is 5.16 Å². The number of nitrogens with zero attached hydrogens (tertiary/aromatic N) is 6. The van der Waals surface area contributed by atoms with Gasteiger partial charge in [0, 0.05) is 43.7 Å². The summed E-state index contributed by atoms with van der Waals surface area (Å²) in [6, 6.07) is 7.86. The number of aromatic nitrogens is 4. The van der Waals surface area contributed by atoms with Gasteiger partial charge in [0.2, 0.25) is 5.82 Å². The molecule has 0 bridgehead atoms. The van der Waals surface area contributed by atoms with Gasteiger partial charge in [-0.2, -0.15) is 4.98 Å². The number of hydrogen-bond donors (Lipinski definition) is 0. The molecular formula is C21H22N6O3S. The lowest BCUT2D eigenvalue weighted by Gasteiger charge is -2.27. The van der Waals surface area contributed by atoms with Crippen LogP contribution in [0, 0.1) is 0 Å². The van der Waals surface area contributed by atoms with Crippen LogP contribution in [-0.2, 0) is 11.3 Å². The lowest BCUT2D eigenvalue weighted by Crippen LogP contribution is -2.39. The average molecular weight is 439 g/mol. The van der Waals surface area contributed by atoms with Crippen LogP contribution in [0.4, 0.5) is 11.5 Å². The summed E-state index contributed by atoms with van der Waals surface area (Å²) in [5.41, 5.74) is 2.10. The third-order valence-electron chi connectivity index (χ3n) is 5.60. The van der Waals surface area contributed by atoms with Gasteiger partial charge in [0.1, 0.15) is 18.0 Å². The summed E-state index contributed by atoms with van der Waals surface area (Å²) < 4.78 is 10.3. The van der Waals surface area contributed by atoms with Crippen LogP contribution in [0.5, 0.6) is 0 Å². The van der Waals surface area contributed by atoms with Crippen molar-refractivity contribution in [3.63, 3.8) is 0 Å². The number of rotatable bonds is 5. The Labute approximate surface area is 183 Å². The van der Waals surface area contributed by atoms with Crippen molar-refractivity contribution in [3.05, 3.63) is 41.9 Å². The second-order valence-electron chi connectivity index (χ2n) is 7.49. The van der Waals surface area contributed by atoms with Crippen molar-refractivity contribution in [2.45, 2.75) is 30.6 Å². The van der Waals surface area contributed by atoms with E-state index in [1.165, 1.54) is 11.8 Å². The molecule has 0 aliphatic carbocycles. The van der Waals surface area contributed by atoms with Gasteiger partial charge in [-0.25, -0.2) is 9.97 Å². The Morgan fingerprint density at radius 3 is 3.06 bits per heavy atom. The zero-order chi connectivity index (χ0) is 21.4. The summed E-state index contributed by atoms with van der Waals surface area (Å²) >= 11 is 1.48. The number of carbonyl (C=O) groups excluding carboxylic acids is 1. The zero-order valence-electron chi connectivity index (χ0n) is 17.3. The van der Waals surface area contributed by atoms with Gasteiger partial charge in [0.05, 0.1) is 0 Å². The van der Waals surface area contributed by atoms with Gasteiger partial charge in [-0.1, -0.05) is 29.1 Å². The molecule has 0 radical (unpaired) electrons. The third kappa shape index (κ3) is 3.66. The van der Waals surface area contributed by atoms with Crippen LogP contribution in [0.15, 0.2) is 40.1 Å². The Morgan fingerprint density at radius 2 is 2.23 bits per heavy atom. The third-order valence-corrected chi connectivity index (χ3v) is 6.16. The monoisotopic (exact) mass is 438 g/mol. The largest absolute Gasteiger partial charge is 0.375 e. The van der Waals surface area contributed by atoms with E-state index in [2.05, 4.69) is 25.0 Å². The molecule has 0 unspecified atom stereocenters. The van der Waals surface area contributed by atoms with E-state index >= 15 is 0 Å². The van der Waals surface area contributed by atoms with Gasteiger partial charge >= 0.3 is 0 Å². The lowest BCUT2D eigenvalue weighted by atomic mass is 10.1. The molecule has 1 atom stereocenters. The first-order chi connectivity index (χ1) is 15.2. The van der Waals surface area contributed by atoms with Crippen LogP contribution in [0.3, 0.4) is 0 Å². The number of anilines is 2. The predicted octanol–water partition coefficient (Wildman–Crippen LogP) is 3.02. The summed E-state index contributed by atoms with van der Waals surface area (Å²) in [6.07, 6.45) is 5.70. The Morgan fingerprint density at radius 1 is 1.32 bits per heavy atom. The molecule has 2 aliphatic rings. The summed E-state index contributed by atoms with van der Waals surface area (Å²) in [5, 5.41) is 4.71. The maximum atomic E-state index is 13.6. The maximum absolute atomic E-state index is 13.6. The van der Waals surface area contributed by atoms with Crippen molar-refractivity contribution in [2.75, 3.05) is 36.3 Å². The smallest absolute Gasteiger partial charge is 0.263 e. The van der Waals surface area contributed by atoms with Gasteiger partial charge in [-0.3, -0.25) is 4.79 Å². The normalized spacial score (nSPS) is 18.1. The summed E-state index contributed by atoms with van der Waals surface area (Å²) in [7, 11) is 1.57. The second-order valence-corrected chi connectivity index (χ2v) is 8.27. The van der Waals surface area contributed by atoms with Crippen LogP contribution >= 0.6 is 11.8 Å². The number of ether oxygens (including phenoxy) is 1. The van der Waals surface area contributed by atoms with Crippen molar-refractivity contribution < 1.29 is 14.1 Å². The molecule has 4 heterocycles. The van der Waals surface area contributed by atoms with Gasteiger partial charge in [0.25, 0.3) is 11.8 Å². The average Bonchev–Trinajstić information content (AvgIpc) is 3.44. The summed E-state index contributed by atoms with van der Waals surface area (Å²) in [5.74, 6) is 1.52. The summed E-state index contributed by atoms with van der Waals surface area (Å²) in [4.78, 5) is 31.0. The minimum absolute atomic E-state index is 0.0950. The first kappa shape index (κ1) is 20.0. The van der Waals surface area contributed by atoms with Crippen molar-refractivity contribution >= 4 is 29.2 Å². The molecule has 9 nitrogen and oxygen atoms in total. The summed E-state index contributed by atoms with van der Waals surface area (Å²) in [6.45, 7) is 1.74. The van der Waals surface area contributed by atoms with E-state index in [9.17, 15) is 4.79 Å². The Kier molecular flexibility index (Phi) is 5.33. The minimum Gasteiger partial charge on any atom is -0.375 e. The van der Waals surface area contributed by atoms with Crippen LogP contribution in [-0.4, -0.2) is 58.5 Å². The zero-order valence-corrected chi connectivity index (χ0v) is 18.1. The number of amides is 1. The van der Waals surface area contributed by atoms with E-state index in [0.717, 1.165) is 36.5 Å². The van der Waals surface area contributed by atoms with Crippen molar-refractivity contribution in [1.29, 1.82) is 0 Å². The molecule has 160 valence electrons. The molecule has 0 spiro atoms. The first-order valence-corrected chi connectivity index (χ1v) is 11.3. The minimum atomic E-state index is -0.0950. The van der Waals surface area contributed by atoms with Crippen molar-refractivity contribution in [3.8, 4) is 11.4 Å². The molecule has 0 N–H and O–H groups in total. The number of carbonyl (C=O) groups is 1. The van der Waals surface area contributed by atoms with Crippen LogP contribution in [0.2, 0.25) is 0 Å². The number of fused-ring (bicyclic) bond motifs is 3. The maximum Gasteiger partial charge on any atom is 0.263 e. The fraction of sp³-hybridized carbons (Fsp3) is 0.381. The lowest BCUT2D eigenvalue weighted by molar-refractivity contribution is 0.0988. The van der Waals surface area contributed by atoms with Crippen LogP contribution < -0.4 is 9.80 Å². The highest BCUT2D eigenvalue weighted by Gasteiger charge is 2.37. The fourth-order valence-electron chi connectivity index (χ4n) is 4.16. The SMILES string of the molecule is COCc1nc(-c2cccc(N3C[C@@H]4CCCN4c4nc(SC)ncc4C3=O)c2)no1. The fourth-order valence-corrected chi connectivity index (χ4v) is 4.49. The Balaban J connectivity index is 1.53. The van der Waals surface area contributed by atoms with E-state index in [4.69, 9.17) is 9.26 Å². The van der Waals surface area contributed by atoms with Gasteiger partial charge < -0.3 is 19.1 Å². The highest BCUT2D eigenvalue weighted by molar-refractivity contribution is 7.98. The topological polar surface area (TPSA) is 97.5 Å². The highest BCUT2D eigenvalue weighted by atomic mass is 32.2. The molecule has 5 rings (SSSR count). The first-order valence-electron chi connectivity index (χ1n) is 10.1. The molecule has 1 amide bonds. The second kappa shape index (κ2) is 8.27. The van der Waals surface area contributed by atoms with Crippen molar-refractivity contribution in [2.24, 2.45) is 0 Å². The Bertz CT molecular complexity index is 1120. The van der Waals surface area contributed by atoms with Gasteiger partial charge in [-0.15, -0.1) is 0 Å². The molecule has 3 aromatic rings. The Hall–Kier alpha value is -2.98. The molecule has 2 aromatic heterocycles. The molecule has 2 aliphatic heterocycles. The molecule has 1 saturated heterocycles. The molecule has 10 heteroatoms. The number of benzene rings is 1. The molecule has 31 heavy (non-hydrogen) atoms. The molecule has 0 saturated carbocycles. The van der Waals surface area contributed by atoms with E-state index in [1.54, 1.807) is 13.3 Å². The standard InChI is InChI=1S/C21H22N6O3S/c1-29-12-17-23-18(25-30-17)13-5-3-6-14(9-13)27-11-15-7-4-8-26(15)19-16(20(27)28)10-22-21(24-19)31-2/h3,5-6,9-10,15H,4,7-8,11-12H2,1-2H3/t15-/m0/s1. The highest BCUT2D eigenvalue weighted by Crippen LogP contribution is 2.35. The van der Waals surface area contributed by atoms with E-state index in [0.29, 0.717) is 29.0 Å². The van der Waals surface area contributed by atoms with E-state index < -0.39 is 0 Å². The van der Waals surface area contributed by atoms with E-state index in [1.807, 2.05) is 35.4 Å². The van der Waals surface area contributed by atoms with Crippen LogP contribution in [0.25, 0.3) is 11.4 Å². The molecular weight excluding hydrogens is 416 g/mol. The number of methoxy groups -OCH3 is 1. The quantitative estimate of drug-likeness (QED) is 0.440. The molecule has 1 fully saturated rings. The van der Waals surface area contributed by atoms with Crippen LogP contribution in [0.1, 0.15) is 29.1 Å². The predicted molar refractivity (Wildman–Crippen MR) is 116 cm³/mol.